The Morgan fingerprint density at radius 2 is 1.82 bits per heavy atom. The topological polar surface area (TPSA) is 68.5 Å². The molecule has 7 rings (SSSR count). The van der Waals surface area contributed by atoms with E-state index in [0.717, 1.165) is 85.8 Å². The third-order valence-corrected chi connectivity index (χ3v) is 8.57. The van der Waals surface area contributed by atoms with Gasteiger partial charge in [-0.2, -0.15) is 32.1 Å². The standard InChI is InChI=1S/C27H33FN6O2.2H2S/c1-16-7-18-11-29-34(27-10-26(30-17(2)31-27)33-12-21-8-20(33)15-36-21)25(18)9-23(16)22-3-5-32(13-24(22)28)19-4-6-35-14-19;;/h7,9-11,19-22,24H,3-6,8,12-15H2,1-2H3;2*1H2. The maximum atomic E-state index is 15.6. The van der Waals surface area contributed by atoms with Gasteiger partial charge in [0.25, 0.3) is 0 Å². The number of hydrogen-bond acceptors (Lipinski definition) is 7. The number of rotatable bonds is 4. The first-order chi connectivity index (χ1) is 17.5. The maximum Gasteiger partial charge on any atom is 0.159 e. The Labute approximate surface area is 236 Å². The van der Waals surface area contributed by atoms with Gasteiger partial charge >= 0.3 is 0 Å². The summed E-state index contributed by atoms with van der Waals surface area (Å²) in [7, 11) is 0. The second kappa shape index (κ2) is 10.9. The molecule has 6 heterocycles. The van der Waals surface area contributed by atoms with Gasteiger partial charge in [-0.15, -0.1) is 0 Å². The van der Waals surface area contributed by atoms with Crippen LogP contribution in [-0.2, 0) is 9.47 Å². The molecule has 1 aromatic carbocycles. The van der Waals surface area contributed by atoms with Crippen LogP contribution < -0.4 is 4.90 Å². The Morgan fingerprint density at radius 3 is 2.53 bits per heavy atom. The first kappa shape index (κ1) is 27.6. The van der Waals surface area contributed by atoms with E-state index in [0.29, 0.717) is 30.6 Å². The van der Waals surface area contributed by atoms with E-state index in [-0.39, 0.29) is 32.9 Å². The van der Waals surface area contributed by atoms with Crippen LogP contribution in [0.2, 0.25) is 0 Å². The quantitative estimate of drug-likeness (QED) is 0.484. The SMILES string of the molecule is Cc1nc(N2CC3CC2CO3)cc(-n2ncc3cc(C)c(C4CCN(C5CCOC5)CC4F)cc32)n1.S.S. The lowest BCUT2D eigenvalue weighted by Crippen LogP contribution is -2.46. The Morgan fingerprint density at radius 1 is 0.974 bits per heavy atom. The first-order valence-corrected chi connectivity index (χ1v) is 13.2. The Kier molecular flexibility index (Phi) is 7.94. The molecule has 0 amide bonds. The van der Waals surface area contributed by atoms with Crippen molar-refractivity contribution in [1.29, 1.82) is 0 Å². The molecule has 4 fully saturated rings. The third kappa shape index (κ3) is 4.81. The zero-order valence-corrected chi connectivity index (χ0v) is 23.9. The summed E-state index contributed by atoms with van der Waals surface area (Å²) in [6, 6.07) is 7.06. The van der Waals surface area contributed by atoms with Crippen molar-refractivity contribution < 1.29 is 13.9 Å². The van der Waals surface area contributed by atoms with E-state index in [1.807, 2.05) is 23.9 Å². The molecule has 0 saturated carbocycles. The lowest BCUT2D eigenvalue weighted by atomic mass is 9.84. The molecule has 0 N–H and O–H groups in total. The highest BCUT2D eigenvalue weighted by Crippen LogP contribution is 2.37. The summed E-state index contributed by atoms with van der Waals surface area (Å²) in [5.41, 5.74) is 3.17. The van der Waals surface area contributed by atoms with Crippen LogP contribution in [0.1, 0.15) is 42.1 Å². The van der Waals surface area contributed by atoms with E-state index >= 15 is 4.39 Å². The number of anilines is 1. The van der Waals surface area contributed by atoms with Crippen LogP contribution in [0.15, 0.2) is 24.4 Å². The highest BCUT2D eigenvalue weighted by atomic mass is 32.1. The van der Waals surface area contributed by atoms with Gasteiger partial charge in [-0.1, -0.05) is 0 Å². The van der Waals surface area contributed by atoms with Gasteiger partial charge in [0.1, 0.15) is 17.8 Å². The monoisotopic (exact) mass is 560 g/mol. The normalized spacial score (nSPS) is 29.0. The largest absolute Gasteiger partial charge is 0.380 e. The average Bonchev–Trinajstić information content (AvgIpc) is 3.68. The summed E-state index contributed by atoms with van der Waals surface area (Å²) in [6.07, 6.45) is 4.16. The summed E-state index contributed by atoms with van der Waals surface area (Å²) in [6.45, 7) is 8.55. The number of likely N-dealkylation sites (tertiary alicyclic amines) is 1. The molecule has 0 spiro atoms. The van der Waals surface area contributed by atoms with E-state index in [9.17, 15) is 0 Å². The van der Waals surface area contributed by atoms with Crippen LogP contribution in [0.4, 0.5) is 10.2 Å². The lowest BCUT2D eigenvalue weighted by molar-refractivity contribution is 0.0728. The molecule has 0 aliphatic carbocycles. The molecule has 0 radical (unpaired) electrons. The second-order valence-electron chi connectivity index (χ2n) is 10.9. The van der Waals surface area contributed by atoms with Gasteiger partial charge in [0.05, 0.1) is 37.1 Å². The van der Waals surface area contributed by atoms with Crippen LogP contribution in [0, 0.1) is 13.8 Å². The van der Waals surface area contributed by atoms with E-state index in [1.165, 1.54) is 0 Å². The molecule has 4 aliphatic heterocycles. The molecular formula is C27H37FN6O2S2. The summed E-state index contributed by atoms with van der Waals surface area (Å²) in [5.74, 6) is 2.28. The summed E-state index contributed by atoms with van der Waals surface area (Å²) >= 11 is 0. The highest BCUT2D eigenvalue weighted by Gasteiger charge is 2.40. The van der Waals surface area contributed by atoms with Gasteiger partial charge < -0.3 is 14.4 Å². The molecule has 2 aromatic heterocycles. The van der Waals surface area contributed by atoms with Crippen LogP contribution in [-0.4, -0.2) is 88.5 Å². The summed E-state index contributed by atoms with van der Waals surface area (Å²) < 4.78 is 28.8. The van der Waals surface area contributed by atoms with Gasteiger partial charge in [0, 0.05) is 43.1 Å². The predicted octanol–water partition coefficient (Wildman–Crippen LogP) is 3.55. The minimum atomic E-state index is -0.896. The zero-order chi connectivity index (χ0) is 24.4. The number of fused-ring (bicyclic) bond motifs is 3. The van der Waals surface area contributed by atoms with Crippen LogP contribution in [0.25, 0.3) is 16.7 Å². The molecule has 2 bridgehead atoms. The van der Waals surface area contributed by atoms with Gasteiger partial charge in [-0.3, -0.25) is 4.90 Å². The number of halogens is 1. The van der Waals surface area contributed by atoms with Crippen molar-refractivity contribution in [2.75, 3.05) is 44.4 Å². The fourth-order valence-electron chi connectivity index (χ4n) is 6.68. The van der Waals surface area contributed by atoms with Crippen LogP contribution in [0.3, 0.4) is 0 Å². The van der Waals surface area contributed by atoms with Gasteiger partial charge in [-0.05, 0) is 62.9 Å². The molecule has 4 saturated heterocycles. The van der Waals surface area contributed by atoms with Gasteiger partial charge in [-0.25, -0.2) is 19.0 Å². The van der Waals surface area contributed by atoms with E-state index in [2.05, 4.69) is 28.9 Å². The van der Waals surface area contributed by atoms with Crippen molar-refractivity contribution in [3.8, 4) is 5.82 Å². The minimum Gasteiger partial charge on any atom is -0.380 e. The van der Waals surface area contributed by atoms with E-state index < -0.39 is 6.17 Å². The number of aryl methyl sites for hydroxylation is 2. The summed E-state index contributed by atoms with van der Waals surface area (Å²) in [4.78, 5) is 14.1. The molecule has 206 valence electrons. The molecular weight excluding hydrogens is 523 g/mol. The van der Waals surface area contributed by atoms with Crippen molar-refractivity contribution in [1.82, 2.24) is 24.6 Å². The van der Waals surface area contributed by atoms with E-state index in [4.69, 9.17) is 24.5 Å². The summed E-state index contributed by atoms with van der Waals surface area (Å²) in [5, 5.41) is 5.74. The number of piperidine rings is 1. The second-order valence-corrected chi connectivity index (χ2v) is 10.9. The third-order valence-electron chi connectivity index (χ3n) is 8.57. The van der Waals surface area contributed by atoms with Crippen LogP contribution >= 0.6 is 27.0 Å². The van der Waals surface area contributed by atoms with Crippen molar-refractivity contribution >= 4 is 43.7 Å². The maximum absolute atomic E-state index is 15.6. The fourth-order valence-corrected chi connectivity index (χ4v) is 6.68. The predicted molar refractivity (Wildman–Crippen MR) is 155 cm³/mol. The number of alkyl halides is 1. The number of ether oxygens (including phenoxy) is 2. The molecule has 11 heteroatoms. The van der Waals surface area contributed by atoms with Crippen molar-refractivity contribution in [3.05, 3.63) is 41.3 Å². The Bertz CT molecular complexity index is 1300. The fraction of sp³-hybridized carbons (Fsp3) is 0.593. The van der Waals surface area contributed by atoms with Gasteiger partial charge in [0.15, 0.2) is 5.82 Å². The average molecular weight is 561 g/mol. The molecule has 3 aromatic rings. The molecule has 5 atom stereocenters. The number of morpholine rings is 1. The molecule has 8 nitrogen and oxygen atoms in total. The number of benzene rings is 1. The number of nitrogens with zero attached hydrogens (tertiary/aromatic N) is 6. The van der Waals surface area contributed by atoms with E-state index in [1.54, 1.807) is 0 Å². The minimum absolute atomic E-state index is 0. The molecule has 4 aliphatic rings. The Balaban J connectivity index is 0.00000147. The van der Waals surface area contributed by atoms with Crippen molar-refractivity contribution in [2.45, 2.75) is 63.4 Å². The van der Waals surface area contributed by atoms with Crippen molar-refractivity contribution in [3.63, 3.8) is 0 Å². The molecule has 38 heavy (non-hydrogen) atoms. The molecule has 5 unspecified atom stereocenters. The Hall–Kier alpha value is -1.92. The number of hydrogen-bond donors (Lipinski definition) is 0. The number of aromatic nitrogens is 4. The highest BCUT2D eigenvalue weighted by molar-refractivity contribution is 7.59. The van der Waals surface area contributed by atoms with Crippen LogP contribution in [0.5, 0.6) is 0 Å². The van der Waals surface area contributed by atoms with Crippen molar-refractivity contribution in [2.24, 2.45) is 0 Å². The van der Waals surface area contributed by atoms with Gasteiger partial charge in [0.2, 0.25) is 0 Å². The first-order valence-electron chi connectivity index (χ1n) is 13.2. The smallest absolute Gasteiger partial charge is 0.159 e. The zero-order valence-electron chi connectivity index (χ0n) is 21.9. The lowest BCUT2D eigenvalue weighted by Gasteiger charge is -2.38.